The largest absolute Gasteiger partial charge is 0.388 e. The second-order valence-electron chi connectivity index (χ2n) is 7.48. The number of nitrogens with one attached hydrogen (secondary N) is 1. The van der Waals surface area contributed by atoms with Gasteiger partial charge in [-0.25, -0.2) is 15.0 Å². The van der Waals surface area contributed by atoms with Gasteiger partial charge in [-0.15, -0.1) is 0 Å². The molecule has 1 aromatic carbocycles. The Morgan fingerprint density at radius 1 is 1.22 bits per heavy atom. The van der Waals surface area contributed by atoms with Gasteiger partial charge in [0.15, 0.2) is 5.82 Å². The van der Waals surface area contributed by atoms with Crippen molar-refractivity contribution in [3.05, 3.63) is 64.8 Å². The number of benzene rings is 1. The van der Waals surface area contributed by atoms with E-state index in [2.05, 4.69) is 25.4 Å². The van der Waals surface area contributed by atoms with Crippen molar-refractivity contribution < 1.29 is 4.79 Å². The summed E-state index contributed by atoms with van der Waals surface area (Å²) in [6, 6.07) is 9.14. The molecule has 4 aromatic rings. The Hall–Kier alpha value is -3.52. The number of aryl methyl sites for hydroxylation is 1. The van der Waals surface area contributed by atoms with Crippen molar-refractivity contribution in [3.8, 4) is 11.4 Å². The van der Waals surface area contributed by atoms with Crippen LogP contribution in [0, 0.1) is 6.92 Å². The standard InChI is InChI=1S/C23H24ClN7O/c1-5-31-14(2)16(12-27-31)13-30(4)23(32)21-18-11-17(25-3)6-7-19(18)28-22(29-21)15-8-9-26-20(24)10-15/h6-12,25H,5,13H2,1-4H3. The van der Waals surface area contributed by atoms with E-state index in [1.54, 1.807) is 30.3 Å². The van der Waals surface area contributed by atoms with Crippen LogP contribution >= 0.6 is 11.6 Å². The summed E-state index contributed by atoms with van der Waals surface area (Å²) >= 11 is 6.07. The van der Waals surface area contributed by atoms with Crippen molar-refractivity contribution in [1.82, 2.24) is 29.6 Å². The molecule has 9 heteroatoms. The molecule has 8 nitrogen and oxygen atoms in total. The molecule has 32 heavy (non-hydrogen) atoms. The molecule has 0 aliphatic rings. The van der Waals surface area contributed by atoms with Crippen LogP contribution in [-0.4, -0.2) is 49.6 Å². The third-order valence-corrected chi connectivity index (χ3v) is 5.64. The van der Waals surface area contributed by atoms with E-state index in [1.165, 1.54) is 0 Å². The van der Waals surface area contributed by atoms with Crippen molar-refractivity contribution in [3.63, 3.8) is 0 Å². The summed E-state index contributed by atoms with van der Waals surface area (Å²) in [5.41, 5.74) is 4.62. The second kappa shape index (κ2) is 8.92. The predicted octanol–water partition coefficient (Wildman–Crippen LogP) is 4.18. The number of halogens is 1. The molecule has 1 amide bonds. The quantitative estimate of drug-likeness (QED) is 0.444. The summed E-state index contributed by atoms with van der Waals surface area (Å²) in [4.78, 5) is 28.5. The van der Waals surface area contributed by atoms with E-state index in [9.17, 15) is 4.79 Å². The molecular weight excluding hydrogens is 426 g/mol. The number of carbonyl (C=O) groups is 1. The monoisotopic (exact) mass is 449 g/mol. The summed E-state index contributed by atoms with van der Waals surface area (Å²) in [6.07, 6.45) is 3.40. The van der Waals surface area contributed by atoms with Gasteiger partial charge in [-0.1, -0.05) is 11.6 Å². The van der Waals surface area contributed by atoms with Crippen molar-refractivity contribution in [2.45, 2.75) is 26.9 Å². The maximum absolute atomic E-state index is 13.6. The van der Waals surface area contributed by atoms with Crippen LogP contribution < -0.4 is 5.32 Å². The fourth-order valence-electron chi connectivity index (χ4n) is 3.58. The van der Waals surface area contributed by atoms with E-state index in [1.807, 2.05) is 50.0 Å². The Balaban J connectivity index is 1.79. The Kier molecular flexibility index (Phi) is 6.05. The maximum Gasteiger partial charge on any atom is 0.273 e. The van der Waals surface area contributed by atoms with Gasteiger partial charge in [-0.2, -0.15) is 5.10 Å². The molecule has 3 heterocycles. The first-order chi connectivity index (χ1) is 15.4. The van der Waals surface area contributed by atoms with Crippen LogP contribution in [0.15, 0.2) is 42.7 Å². The zero-order valence-corrected chi connectivity index (χ0v) is 19.2. The van der Waals surface area contributed by atoms with Gasteiger partial charge < -0.3 is 10.2 Å². The van der Waals surface area contributed by atoms with Crippen LogP contribution in [0.1, 0.15) is 28.7 Å². The van der Waals surface area contributed by atoms with Gasteiger partial charge in [-0.3, -0.25) is 9.48 Å². The van der Waals surface area contributed by atoms with Crippen LogP contribution in [0.5, 0.6) is 0 Å². The molecule has 0 saturated carbocycles. The Morgan fingerprint density at radius 3 is 2.72 bits per heavy atom. The number of pyridine rings is 1. The average Bonchev–Trinajstić information content (AvgIpc) is 3.16. The summed E-state index contributed by atoms with van der Waals surface area (Å²) in [6.45, 7) is 5.26. The molecule has 0 saturated heterocycles. The second-order valence-corrected chi connectivity index (χ2v) is 7.86. The molecule has 164 valence electrons. The van der Waals surface area contributed by atoms with Crippen molar-refractivity contribution in [2.24, 2.45) is 0 Å². The molecule has 0 bridgehead atoms. The number of amides is 1. The Morgan fingerprint density at radius 2 is 2.03 bits per heavy atom. The number of aromatic nitrogens is 5. The number of hydrogen-bond acceptors (Lipinski definition) is 6. The van der Waals surface area contributed by atoms with E-state index >= 15 is 0 Å². The molecule has 0 aliphatic carbocycles. The highest BCUT2D eigenvalue weighted by molar-refractivity contribution is 6.29. The highest BCUT2D eigenvalue weighted by Gasteiger charge is 2.21. The molecule has 0 unspecified atom stereocenters. The molecule has 0 aliphatic heterocycles. The Bertz CT molecular complexity index is 1300. The number of nitrogens with zero attached hydrogens (tertiary/aromatic N) is 6. The van der Waals surface area contributed by atoms with E-state index in [4.69, 9.17) is 11.6 Å². The number of hydrogen-bond donors (Lipinski definition) is 1. The Labute approximate surface area is 191 Å². The number of fused-ring (bicyclic) bond motifs is 1. The zero-order chi connectivity index (χ0) is 22.8. The van der Waals surface area contributed by atoms with Gasteiger partial charge in [0.25, 0.3) is 5.91 Å². The lowest BCUT2D eigenvalue weighted by Gasteiger charge is -2.18. The van der Waals surface area contributed by atoms with E-state index in [-0.39, 0.29) is 5.91 Å². The first-order valence-electron chi connectivity index (χ1n) is 10.3. The van der Waals surface area contributed by atoms with Crippen LogP contribution in [0.4, 0.5) is 5.69 Å². The first kappa shape index (κ1) is 21.7. The maximum atomic E-state index is 13.6. The summed E-state index contributed by atoms with van der Waals surface area (Å²) in [7, 11) is 3.60. The third-order valence-electron chi connectivity index (χ3n) is 5.43. The lowest BCUT2D eigenvalue weighted by atomic mass is 10.1. The number of anilines is 1. The summed E-state index contributed by atoms with van der Waals surface area (Å²) in [5.74, 6) is 0.224. The molecule has 4 rings (SSSR count). The minimum Gasteiger partial charge on any atom is -0.388 e. The van der Waals surface area contributed by atoms with Crippen molar-refractivity contribution in [2.75, 3.05) is 19.4 Å². The SMILES string of the molecule is CCn1ncc(CN(C)C(=O)c2nc(-c3ccnc(Cl)c3)nc3ccc(NC)cc23)c1C. The lowest BCUT2D eigenvalue weighted by Crippen LogP contribution is -2.28. The molecule has 3 aromatic heterocycles. The highest BCUT2D eigenvalue weighted by atomic mass is 35.5. The predicted molar refractivity (Wildman–Crippen MR) is 126 cm³/mol. The molecular formula is C23H24ClN7O. The van der Waals surface area contributed by atoms with Gasteiger partial charge in [-0.05, 0) is 44.2 Å². The van der Waals surface area contributed by atoms with Crippen LogP contribution in [0.3, 0.4) is 0 Å². The van der Waals surface area contributed by atoms with Gasteiger partial charge in [0.1, 0.15) is 10.8 Å². The van der Waals surface area contributed by atoms with E-state index in [0.29, 0.717) is 39.7 Å². The van der Waals surface area contributed by atoms with E-state index < -0.39 is 0 Å². The summed E-state index contributed by atoms with van der Waals surface area (Å²) < 4.78 is 1.91. The van der Waals surface area contributed by atoms with Gasteiger partial charge in [0.2, 0.25) is 0 Å². The third kappa shape index (κ3) is 4.13. The number of rotatable bonds is 6. The van der Waals surface area contributed by atoms with Crippen molar-refractivity contribution in [1.29, 1.82) is 0 Å². The molecule has 1 N–H and O–H groups in total. The number of carbonyl (C=O) groups excluding carboxylic acids is 1. The highest BCUT2D eigenvalue weighted by Crippen LogP contribution is 2.26. The van der Waals surface area contributed by atoms with Crippen LogP contribution in [0.25, 0.3) is 22.3 Å². The van der Waals surface area contributed by atoms with Gasteiger partial charge in [0, 0.05) is 61.3 Å². The minimum absolute atomic E-state index is 0.198. The molecule has 0 atom stereocenters. The molecule has 0 spiro atoms. The smallest absolute Gasteiger partial charge is 0.273 e. The first-order valence-corrected chi connectivity index (χ1v) is 10.7. The average molecular weight is 450 g/mol. The van der Waals surface area contributed by atoms with E-state index in [0.717, 1.165) is 23.5 Å². The zero-order valence-electron chi connectivity index (χ0n) is 18.4. The fraction of sp³-hybridized carbons (Fsp3) is 0.261. The van der Waals surface area contributed by atoms with Crippen LogP contribution in [-0.2, 0) is 13.1 Å². The molecule has 0 fully saturated rings. The van der Waals surface area contributed by atoms with Crippen LogP contribution in [0.2, 0.25) is 5.15 Å². The fourth-order valence-corrected chi connectivity index (χ4v) is 3.76. The van der Waals surface area contributed by atoms with Crippen molar-refractivity contribution >= 4 is 34.1 Å². The summed E-state index contributed by atoms with van der Waals surface area (Å²) in [5, 5.41) is 8.51. The topological polar surface area (TPSA) is 88.8 Å². The minimum atomic E-state index is -0.198. The van der Waals surface area contributed by atoms with Gasteiger partial charge in [0.05, 0.1) is 11.7 Å². The lowest BCUT2D eigenvalue weighted by molar-refractivity contribution is 0.0781. The van der Waals surface area contributed by atoms with Gasteiger partial charge >= 0.3 is 0 Å². The normalized spacial score (nSPS) is 11.0. The molecule has 0 radical (unpaired) electrons.